The highest BCUT2D eigenvalue weighted by Crippen LogP contribution is 2.05. The van der Waals surface area contributed by atoms with Gasteiger partial charge in [-0.25, -0.2) is 0 Å². The minimum atomic E-state index is 0.0199. The molecule has 98 valence electrons. The molecule has 5 heteroatoms. The number of carbonyl (C=O) groups is 1. The summed E-state index contributed by atoms with van der Waals surface area (Å²) < 4.78 is 0. The number of rotatable bonds is 5. The second-order valence-corrected chi connectivity index (χ2v) is 4.66. The van der Waals surface area contributed by atoms with Crippen LogP contribution in [0.3, 0.4) is 0 Å². The lowest BCUT2D eigenvalue weighted by molar-refractivity contribution is -0.120. The summed E-state index contributed by atoms with van der Waals surface area (Å²) in [7, 11) is 0. The first-order valence-electron chi connectivity index (χ1n) is 6.43. The summed E-state index contributed by atoms with van der Waals surface area (Å²) in [6.07, 6.45) is 4.46. The van der Waals surface area contributed by atoms with Crippen LogP contribution in [0, 0.1) is 0 Å². The third-order valence-corrected chi connectivity index (χ3v) is 3.14. The van der Waals surface area contributed by atoms with Crippen LogP contribution in [-0.2, 0) is 11.2 Å². The van der Waals surface area contributed by atoms with E-state index in [1.165, 1.54) is 12.8 Å². The van der Waals surface area contributed by atoms with Gasteiger partial charge in [0.25, 0.3) is 0 Å². The van der Waals surface area contributed by atoms with E-state index in [0.717, 1.165) is 25.3 Å². The monoisotopic (exact) mass is 248 g/mol. The first kappa shape index (κ1) is 12.8. The summed E-state index contributed by atoms with van der Waals surface area (Å²) in [5.74, 6) is 0.0199. The summed E-state index contributed by atoms with van der Waals surface area (Å²) in [4.78, 5) is 18.2. The standard InChI is InChI=1S/C13H20N4O/c14-11-3-4-12(16-10-11)9-13(18)15-5-8-17-6-1-2-7-17/h3-4,10H,1-2,5-9,14H2,(H,15,18). The predicted molar refractivity (Wildman–Crippen MR) is 71.0 cm³/mol. The molecule has 1 aliphatic rings. The van der Waals surface area contributed by atoms with Crippen LogP contribution >= 0.6 is 0 Å². The number of nitrogen functional groups attached to an aromatic ring is 1. The Labute approximate surface area is 107 Å². The Morgan fingerprint density at radius 1 is 1.39 bits per heavy atom. The predicted octanol–water partition coefficient (Wildman–Crippen LogP) is 0.418. The van der Waals surface area contributed by atoms with Crippen molar-refractivity contribution in [3.63, 3.8) is 0 Å². The molecule has 2 rings (SSSR count). The Hall–Kier alpha value is -1.62. The quantitative estimate of drug-likeness (QED) is 0.792. The number of aromatic nitrogens is 1. The Bertz CT molecular complexity index is 384. The molecule has 0 spiro atoms. The van der Waals surface area contributed by atoms with Crippen LogP contribution < -0.4 is 11.1 Å². The van der Waals surface area contributed by atoms with Crippen molar-refractivity contribution in [3.05, 3.63) is 24.0 Å². The highest BCUT2D eigenvalue weighted by atomic mass is 16.1. The number of hydrogen-bond donors (Lipinski definition) is 2. The van der Waals surface area contributed by atoms with Gasteiger partial charge in [-0.05, 0) is 38.1 Å². The molecule has 0 aliphatic carbocycles. The number of amides is 1. The summed E-state index contributed by atoms with van der Waals surface area (Å²) in [5, 5.41) is 2.92. The van der Waals surface area contributed by atoms with Crippen LogP contribution in [0.2, 0.25) is 0 Å². The molecule has 0 aromatic carbocycles. The van der Waals surface area contributed by atoms with Crippen molar-refractivity contribution >= 4 is 11.6 Å². The average Bonchev–Trinajstić information content (AvgIpc) is 2.85. The fourth-order valence-electron chi connectivity index (χ4n) is 2.13. The maximum absolute atomic E-state index is 11.7. The van der Waals surface area contributed by atoms with E-state index in [-0.39, 0.29) is 5.91 Å². The number of pyridine rings is 1. The summed E-state index contributed by atoms with van der Waals surface area (Å²) in [6.45, 7) is 3.99. The third-order valence-electron chi connectivity index (χ3n) is 3.14. The van der Waals surface area contributed by atoms with Gasteiger partial charge in [0, 0.05) is 18.8 Å². The highest BCUT2D eigenvalue weighted by Gasteiger charge is 2.11. The van der Waals surface area contributed by atoms with Gasteiger partial charge >= 0.3 is 0 Å². The van der Waals surface area contributed by atoms with Crippen LogP contribution in [0.5, 0.6) is 0 Å². The Balaban J connectivity index is 1.66. The van der Waals surface area contributed by atoms with E-state index in [4.69, 9.17) is 5.73 Å². The molecule has 0 radical (unpaired) electrons. The SMILES string of the molecule is Nc1ccc(CC(=O)NCCN2CCCC2)nc1. The van der Waals surface area contributed by atoms with Gasteiger partial charge in [-0.3, -0.25) is 9.78 Å². The molecular formula is C13H20N4O. The average molecular weight is 248 g/mol. The van der Waals surface area contributed by atoms with Gasteiger partial charge in [-0.2, -0.15) is 0 Å². The lowest BCUT2D eigenvalue weighted by Gasteiger charge is -2.14. The van der Waals surface area contributed by atoms with E-state index in [1.807, 2.05) is 0 Å². The second kappa shape index (κ2) is 6.35. The van der Waals surface area contributed by atoms with Crippen molar-refractivity contribution in [2.45, 2.75) is 19.3 Å². The molecule has 1 saturated heterocycles. The number of nitrogens with one attached hydrogen (secondary N) is 1. The van der Waals surface area contributed by atoms with Crippen LogP contribution in [0.1, 0.15) is 18.5 Å². The van der Waals surface area contributed by atoms with Gasteiger partial charge in [0.2, 0.25) is 5.91 Å². The van der Waals surface area contributed by atoms with Crippen molar-refractivity contribution in [3.8, 4) is 0 Å². The molecule has 1 amide bonds. The Morgan fingerprint density at radius 2 is 2.17 bits per heavy atom. The topological polar surface area (TPSA) is 71.2 Å². The zero-order valence-corrected chi connectivity index (χ0v) is 10.6. The van der Waals surface area contributed by atoms with E-state index in [1.54, 1.807) is 18.3 Å². The van der Waals surface area contributed by atoms with Gasteiger partial charge in [0.05, 0.1) is 18.3 Å². The number of anilines is 1. The number of nitrogens with two attached hydrogens (primary N) is 1. The number of carbonyl (C=O) groups excluding carboxylic acids is 1. The first-order chi connectivity index (χ1) is 8.74. The third kappa shape index (κ3) is 4.00. The molecule has 1 aliphatic heterocycles. The van der Waals surface area contributed by atoms with Crippen molar-refractivity contribution in [2.75, 3.05) is 31.9 Å². The molecular weight excluding hydrogens is 228 g/mol. The molecule has 1 aromatic heterocycles. The maximum atomic E-state index is 11.7. The zero-order valence-electron chi connectivity index (χ0n) is 10.6. The summed E-state index contributed by atoms with van der Waals surface area (Å²) in [6, 6.07) is 3.55. The Morgan fingerprint density at radius 3 is 2.83 bits per heavy atom. The molecule has 0 unspecified atom stereocenters. The van der Waals surface area contributed by atoms with E-state index < -0.39 is 0 Å². The van der Waals surface area contributed by atoms with Crippen molar-refractivity contribution in [2.24, 2.45) is 0 Å². The maximum Gasteiger partial charge on any atom is 0.226 e. The minimum Gasteiger partial charge on any atom is -0.397 e. The first-order valence-corrected chi connectivity index (χ1v) is 6.43. The fourth-order valence-corrected chi connectivity index (χ4v) is 2.13. The van der Waals surface area contributed by atoms with Gasteiger partial charge < -0.3 is 16.0 Å². The smallest absolute Gasteiger partial charge is 0.226 e. The second-order valence-electron chi connectivity index (χ2n) is 4.66. The largest absolute Gasteiger partial charge is 0.397 e. The normalized spacial score (nSPS) is 15.8. The zero-order chi connectivity index (χ0) is 12.8. The van der Waals surface area contributed by atoms with Gasteiger partial charge in [-0.15, -0.1) is 0 Å². The van der Waals surface area contributed by atoms with E-state index in [9.17, 15) is 4.79 Å². The van der Waals surface area contributed by atoms with Gasteiger partial charge in [0.1, 0.15) is 0 Å². The van der Waals surface area contributed by atoms with E-state index in [0.29, 0.717) is 18.7 Å². The molecule has 0 bridgehead atoms. The molecule has 0 saturated carbocycles. The van der Waals surface area contributed by atoms with Gasteiger partial charge in [0.15, 0.2) is 0 Å². The molecule has 5 nitrogen and oxygen atoms in total. The number of likely N-dealkylation sites (tertiary alicyclic amines) is 1. The van der Waals surface area contributed by atoms with E-state index in [2.05, 4.69) is 15.2 Å². The molecule has 1 fully saturated rings. The van der Waals surface area contributed by atoms with Gasteiger partial charge in [-0.1, -0.05) is 0 Å². The minimum absolute atomic E-state index is 0.0199. The molecule has 18 heavy (non-hydrogen) atoms. The molecule has 1 aromatic rings. The lowest BCUT2D eigenvalue weighted by Crippen LogP contribution is -2.34. The van der Waals surface area contributed by atoms with Crippen LogP contribution in [0.15, 0.2) is 18.3 Å². The van der Waals surface area contributed by atoms with Crippen LogP contribution in [0.4, 0.5) is 5.69 Å². The fraction of sp³-hybridized carbons (Fsp3) is 0.538. The molecule has 2 heterocycles. The summed E-state index contributed by atoms with van der Waals surface area (Å²) in [5.41, 5.74) is 6.91. The van der Waals surface area contributed by atoms with Crippen LogP contribution in [-0.4, -0.2) is 42.0 Å². The molecule has 0 atom stereocenters. The lowest BCUT2D eigenvalue weighted by atomic mass is 10.2. The number of nitrogens with zero attached hydrogens (tertiary/aromatic N) is 2. The Kier molecular flexibility index (Phi) is 4.52. The van der Waals surface area contributed by atoms with Crippen molar-refractivity contribution in [1.82, 2.24) is 15.2 Å². The highest BCUT2D eigenvalue weighted by molar-refractivity contribution is 5.78. The van der Waals surface area contributed by atoms with Crippen molar-refractivity contribution < 1.29 is 4.79 Å². The van der Waals surface area contributed by atoms with Crippen LogP contribution in [0.25, 0.3) is 0 Å². The number of hydrogen-bond acceptors (Lipinski definition) is 4. The van der Waals surface area contributed by atoms with Crippen molar-refractivity contribution in [1.29, 1.82) is 0 Å². The summed E-state index contributed by atoms with van der Waals surface area (Å²) >= 11 is 0. The molecule has 3 N–H and O–H groups in total. The van der Waals surface area contributed by atoms with E-state index >= 15 is 0 Å².